The molecule has 10 heteroatoms. The summed E-state index contributed by atoms with van der Waals surface area (Å²) in [6.45, 7) is -0.848. The van der Waals surface area contributed by atoms with E-state index >= 15 is 0 Å². The highest BCUT2D eigenvalue weighted by molar-refractivity contribution is 7.86. The lowest BCUT2D eigenvalue weighted by atomic mass is 9.78. The van der Waals surface area contributed by atoms with Gasteiger partial charge in [0.05, 0.1) is 24.9 Å². The van der Waals surface area contributed by atoms with Gasteiger partial charge < -0.3 is 10.1 Å². The first-order chi connectivity index (χ1) is 12.6. The van der Waals surface area contributed by atoms with Crippen molar-refractivity contribution in [3.8, 4) is 0 Å². The van der Waals surface area contributed by atoms with E-state index in [4.69, 9.17) is 9.29 Å². The average molecular weight is 411 g/mol. The maximum atomic E-state index is 13.2. The molecule has 1 amide bonds. The van der Waals surface area contributed by atoms with Gasteiger partial charge in [0.15, 0.2) is 0 Å². The molecule has 0 bridgehead atoms. The third kappa shape index (κ3) is 6.10. The van der Waals surface area contributed by atoms with Crippen molar-refractivity contribution in [3.05, 3.63) is 0 Å². The number of hydrogen-bond acceptors (Lipinski definition) is 5. The molecule has 2 atom stereocenters. The van der Waals surface area contributed by atoms with Gasteiger partial charge in [-0.2, -0.15) is 17.2 Å². The van der Waals surface area contributed by atoms with Crippen LogP contribution in [0.4, 0.5) is 8.78 Å². The van der Waals surface area contributed by atoms with Crippen molar-refractivity contribution in [2.24, 2.45) is 11.8 Å². The monoisotopic (exact) mass is 411 g/mol. The van der Waals surface area contributed by atoms with E-state index in [1.807, 2.05) is 0 Å². The van der Waals surface area contributed by atoms with Crippen LogP contribution in [0.15, 0.2) is 0 Å². The average Bonchev–Trinajstić information content (AvgIpc) is 2.61. The summed E-state index contributed by atoms with van der Waals surface area (Å²) >= 11 is 0. The number of hydrogen-bond donors (Lipinski definition) is 2. The van der Waals surface area contributed by atoms with Crippen LogP contribution in [0.5, 0.6) is 0 Å². The normalized spacial score (nSPS) is 25.0. The van der Waals surface area contributed by atoms with Crippen LogP contribution in [0, 0.1) is 11.8 Å². The highest BCUT2D eigenvalue weighted by Crippen LogP contribution is 2.32. The second kappa shape index (κ2) is 9.27. The van der Waals surface area contributed by atoms with Crippen LogP contribution < -0.4 is 5.32 Å². The summed E-state index contributed by atoms with van der Waals surface area (Å²) in [5.74, 6) is -2.26. The van der Waals surface area contributed by atoms with E-state index in [9.17, 15) is 26.8 Å². The van der Waals surface area contributed by atoms with Crippen molar-refractivity contribution in [2.45, 2.75) is 75.5 Å². The molecule has 0 spiro atoms. The van der Waals surface area contributed by atoms with Gasteiger partial charge in [0.2, 0.25) is 5.91 Å². The van der Waals surface area contributed by atoms with Gasteiger partial charge in [0.1, 0.15) is 0 Å². The molecule has 2 rings (SSSR count). The largest absolute Gasteiger partial charge is 0.465 e. The molecule has 0 saturated heterocycles. The smallest absolute Gasteiger partial charge is 0.373 e. The fraction of sp³-hybridized carbons (Fsp3) is 0.882. The number of halogens is 2. The Morgan fingerprint density at radius 1 is 1.00 bits per heavy atom. The van der Waals surface area contributed by atoms with Gasteiger partial charge in [0.25, 0.3) is 0 Å². The second-order valence-electron chi connectivity index (χ2n) is 7.37. The molecule has 2 aliphatic rings. The molecule has 2 fully saturated rings. The second-order valence-corrected chi connectivity index (χ2v) is 8.92. The van der Waals surface area contributed by atoms with Crippen LogP contribution in [0.1, 0.15) is 64.2 Å². The minimum atomic E-state index is -5.55. The summed E-state index contributed by atoms with van der Waals surface area (Å²) in [5, 5.41) is -1.38. The van der Waals surface area contributed by atoms with E-state index in [0.29, 0.717) is 12.8 Å². The maximum absolute atomic E-state index is 13.2. The van der Waals surface area contributed by atoms with E-state index in [1.165, 1.54) is 0 Å². The quantitative estimate of drug-likeness (QED) is 0.492. The summed E-state index contributed by atoms with van der Waals surface area (Å²) in [7, 11) is -5.55. The topological polar surface area (TPSA) is 110 Å². The number of esters is 1. The number of alkyl halides is 2. The summed E-state index contributed by atoms with van der Waals surface area (Å²) in [4.78, 5) is 24.9. The van der Waals surface area contributed by atoms with E-state index < -0.39 is 46.2 Å². The summed E-state index contributed by atoms with van der Waals surface area (Å²) in [5.41, 5.74) is 0. The third-order valence-corrected chi connectivity index (χ3v) is 6.33. The number of ether oxygens (including phenoxy) is 1. The predicted molar refractivity (Wildman–Crippen MR) is 92.5 cm³/mol. The van der Waals surface area contributed by atoms with Crippen molar-refractivity contribution < 1.29 is 36.1 Å². The first kappa shape index (κ1) is 22.0. The minimum absolute atomic E-state index is 0.110. The number of rotatable bonds is 7. The Balaban J connectivity index is 1.89. The third-order valence-electron chi connectivity index (χ3n) is 5.37. The van der Waals surface area contributed by atoms with Crippen molar-refractivity contribution in [3.63, 3.8) is 0 Å². The molecule has 0 aliphatic heterocycles. The van der Waals surface area contributed by atoms with E-state index in [-0.39, 0.29) is 11.9 Å². The Hall–Kier alpha value is -1.29. The first-order valence-electron chi connectivity index (χ1n) is 9.43. The lowest BCUT2D eigenvalue weighted by Gasteiger charge is -2.31. The van der Waals surface area contributed by atoms with Crippen LogP contribution >= 0.6 is 0 Å². The first-order valence-corrected chi connectivity index (χ1v) is 10.9. The number of carbonyl (C=O) groups excluding carboxylic acids is 2. The Bertz CT molecular complexity index is 633. The van der Waals surface area contributed by atoms with Crippen LogP contribution in [-0.2, 0) is 24.4 Å². The van der Waals surface area contributed by atoms with Gasteiger partial charge >= 0.3 is 21.3 Å². The number of amides is 1. The fourth-order valence-corrected chi connectivity index (χ4v) is 4.13. The Morgan fingerprint density at radius 2 is 1.56 bits per heavy atom. The summed E-state index contributed by atoms with van der Waals surface area (Å²) < 4.78 is 60.8. The SMILES string of the molecule is O=C(NC1CCCCC1)C1CCCCC1C(=O)OCCC(F)(F)S(=O)(=O)O. The van der Waals surface area contributed by atoms with Crippen molar-refractivity contribution >= 4 is 22.0 Å². The molecule has 156 valence electrons. The Morgan fingerprint density at radius 3 is 2.15 bits per heavy atom. The van der Waals surface area contributed by atoms with Gasteiger partial charge in [-0.15, -0.1) is 0 Å². The van der Waals surface area contributed by atoms with Gasteiger partial charge in [-0.1, -0.05) is 32.1 Å². The molecule has 0 aromatic rings. The van der Waals surface area contributed by atoms with Crippen LogP contribution in [-0.4, -0.2) is 42.8 Å². The summed E-state index contributed by atoms with van der Waals surface area (Å²) in [6.07, 6.45) is 6.25. The predicted octanol–water partition coefficient (Wildman–Crippen LogP) is 2.66. The molecule has 0 aromatic carbocycles. The molecule has 27 heavy (non-hydrogen) atoms. The maximum Gasteiger partial charge on any atom is 0.373 e. The number of carbonyl (C=O) groups is 2. The molecular formula is C17H27F2NO6S. The van der Waals surface area contributed by atoms with Crippen LogP contribution in [0.2, 0.25) is 0 Å². The summed E-state index contributed by atoms with van der Waals surface area (Å²) in [6, 6.07) is 0.110. The van der Waals surface area contributed by atoms with Crippen molar-refractivity contribution in [1.82, 2.24) is 5.32 Å². The van der Waals surface area contributed by atoms with E-state index in [0.717, 1.165) is 44.9 Å². The molecule has 0 radical (unpaired) electrons. The van der Waals surface area contributed by atoms with Crippen molar-refractivity contribution in [1.29, 1.82) is 0 Å². The zero-order valence-electron chi connectivity index (χ0n) is 15.2. The van der Waals surface area contributed by atoms with Crippen LogP contribution in [0.3, 0.4) is 0 Å². The molecule has 2 unspecified atom stereocenters. The lowest BCUT2D eigenvalue weighted by molar-refractivity contribution is -0.156. The standard InChI is InChI=1S/C17H27F2NO6S/c18-17(19,27(23,24)25)10-11-26-16(22)14-9-5-4-8-13(14)15(21)20-12-6-2-1-3-7-12/h12-14H,1-11H2,(H,20,21)(H,23,24,25). The van der Waals surface area contributed by atoms with Crippen LogP contribution in [0.25, 0.3) is 0 Å². The van der Waals surface area contributed by atoms with Gasteiger partial charge in [0, 0.05) is 6.04 Å². The molecular weight excluding hydrogens is 384 g/mol. The van der Waals surface area contributed by atoms with Gasteiger partial charge in [-0.05, 0) is 25.7 Å². The lowest BCUT2D eigenvalue weighted by Crippen LogP contribution is -2.45. The highest BCUT2D eigenvalue weighted by Gasteiger charge is 2.44. The number of nitrogens with one attached hydrogen (secondary N) is 1. The molecule has 2 N–H and O–H groups in total. The Labute approximate surface area is 158 Å². The fourth-order valence-electron chi connectivity index (χ4n) is 3.79. The van der Waals surface area contributed by atoms with E-state index in [1.54, 1.807) is 0 Å². The van der Waals surface area contributed by atoms with Gasteiger partial charge in [-0.3, -0.25) is 14.1 Å². The molecule has 2 saturated carbocycles. The molecule has 0 aromatic heterocycles. The molecule has 7 nitrogen and oxygen atoms in total. The van der Waals surface area contributed by atoms with E-state index in [2.05, 4.69) is 5.32 Å². The zero-order valence-corrected chi connectivity index (χ0v) is 16.0. The molecule has 0 heterocycles. The highest BCUT2D eigenvalue weighted by atomic mass is 32.2. The van der Waals surface area contributed by atoms with Crippen molar-refractivity contribution in [2.75, 3.05) is 6.61 Å². The van der Waals surface area contributed by atoms with Gasteiger partial charge in [-0.25, -0.2) is 0 Å². The molecule has 2 aliphatic carbocycles. The Kier molecular flexibility index (Phi) is 7.55. The minimum Gasteiger partial charge on any atom is -0.465 e. The zero-order chi connectivity index (χ0) is 20.1.